The van der Waals surface area contributed by atoms with Crippen LogP contribution in [0.4, 0.5) is 0 Å². The van der Waals surface area contributed by atoms with Gasteiger partial charge in [0.25, 0.3) is 0 Å². The Morgan fingerprint density at radius 1 is 1.33 bits per heavy atom. The van der Waals surface area contributed by atoms with E-state index in [1.54, 1.807) is 4.57 Å². The minimum absolute atomic E-state index is 0. The molecular formula is C18H31Cl2N5O2. The maximum atomic E-state index is 12.6. The van der Waals surface area contributed by atoms with Crippen molar-refractivity contribution in [1.82, 2.24) is 25.1 Å². The Balaban J connectivity index is 0.00000182. The van der Waals surface area contributed by atoms with Crippen molar-refractivity contribution in [3.8, 4) is 0 Å². The summed E-state index contributed by atoms with van der Waals surface area (Å²) in [7, 11) is 2.04. The molecule has 154 valence electrons. The molecule has 2 saturated heterocycles. The summed E-state index contributed by atoms with van der Waals surface area (Å²) >= 11 is 0. The van der Waals surface area contributed by atoms with Gasteiger partial charge in [-0.3, -0.25) is 14.3 Å². The van der Waals surface area contributed by atoms with Crippen LogP contribution in [0.5, 0.6) is 0 Å². The molecule has 2 N–H and O–H groups in total. The minimum Gasteiger partial charge on any atom is -0.353 e. The Hall–Kier alpha value is -1.15. The second-order valence-electron chi connectivity index (χ2n) is 7.65. The number of likely N-dealkylation sites (N-methyl/N-ethyl adjacent to an activating group) is 1. The van der Waals surface area contributed by atoms with Crippen molar-refractivity contribution in [3.63, 3.8) is 0 Å². The number of aryl methyl sites for hydroxylation is 2. The van der Waals surface area contributed by atoms with Gasteiger partial charge in [0, 0.05) is 31.0 Å². The molecule has 2 aliphatic rings. The Labute approximate surface area is 173 Å². The number of amides is 1. The Kier molecular flexibility index (Phi) is 8.73. The van der Waals surface area contributed by atoms with Gasteiger partial charge < -0.3 is 10.6 Å². The second-order valence-corrected chi connectivity index (χ2v) is 7.65. The highest BCUT2D eigenvalue weighted by molar-refractivity contribution is 5.85. The molecule has 7 nitrogen and oxygen atoms in total. The molecule has 0 radical (unpaired) electrons. The fraction of sp³-hybridized carbons (Fsp3) is 0.722. The third-order valence-electron chi connectivity index (χ3n) is 5.69. The number of halogens is 2. The van der Waals surface area contributed by atoms with Crippen molar-refractivity contribution in [2.24, 2.45) is 5.41 Å². The van der Waals surface area contributed by atoms with E-state index in [-0.39, 0.29) is 47.9 Å². The number of rotatable bonds is 4. The van der Waals surface area contributed by atoms with Gasteiger partial charge in [-0.1, -0.05) is 0 Å². The van der Waals surface area contributed by atoms with Crippen LogP contribution in [0, 0.1) is 19.3 Å². The van der Waals surface area contributed by atoms with Gasteiger partial charge in [-0.15, -0.1) is 24.8 Å². The van der Waals surface area contributed by atoms with Crippen LogP contribution in [0.25, 0.3) is 0 Å². The van der Waals surface area contributed by atoms with Gasteiger partial charge in [-0.25, -0.2) is 4.79 Å². The maximum Gasteiger partial charge on any atom is 0.348 e. The lowest BCUT2D eigenvalue weighted by molar-refractivity contribution is -0.125. The first-order valence-electron chi connectivity index (χ1n) is 9.14. The average molecular weight is 420 g/mol. The fourth-order valence-electron chi connectivity index (χ4n) is 4.34. The number of nitrogens with one attached hydrogen (secondary N) is 2. The number of aromatic nitrogens is 2. The van der Waals surface area contributed by atoms with Gasteiger partial charge in [-0.05, 0) is 64.7 Å². The standard InChI is InChI=1S/C18H29N5O2.2ClH/c1-13-10-14(2)23(17(25)21-13)9-8-20-16(24)15-11-18(12-22(15)3)4-6-19-7-5-18;;/h10,15,19H,4-9,11-12H2,1-3H3,(H,20,24);2*1H. The predicted molar refractivity (Wildman–Crippen MR) is 111 cm³/mol. The summed E-state index contributed by atoms with van der Waals surface area (Å²) in [6.07, 6.45) is 3.22. The van der Waals surface area contributed by atoms with E-state index >= 15 is 0 Å². The average Bonchev–Trinajstić information content (AvgIpc) is 2.86. The largest absolute Gasteiger partial charge is 0.353 e. The lowest BCUT2D eigenvalue weighted by Crippen LogP contribution is -2.43. The van der Waals surface area contributed by atoms with Crippen LogP contribution in [0.15, 0.2) is 10.9 Å². The van der Waals surface area contributed by atoms with Crippen LogP contribution in [-0.4, -0.2) is 59.6 Å². The molecule has 2 aliphatic heterocycles. The zero-order valence-electron chi connectivity index (χ0n) is 16.3. The second kappa shape index (κ2) is 9.87. The van der Waals surface area contributed by atoms with E-state index in [1.165, 1.54) is 0 Å². The number of hydrogen-bond donors (Lipinski definition) is 2. The zero-order valence-corrected chi connectivity index (χ0v) is 17.9. The molecule has 1 unspecified atom stereocenters. The highest BCUT2D eigenvalue weighted by atomic mass is 35.5. The van der Waals surface area contributed by atoms with Crippen LogP contribution in [0.2, 0.25) is 0 Å². The number of piperidine rings is 1. The molecule has 27 heavy (non-hydrogen) atoms. The summed E-state index contributed by atoms with van der Waals surface area (Å²) in [5, 5.41) is 6.42. The first-order chi connectivity index (χ1) is 11.9. The summed E-state index contributed by atoms with van der Waals surface area (Å²) in [6, 6.07) is 1.82. The van der Waals surface area contributed by atoms with Crippen LogP contribution in [-0.2, 0) is 11.3 Å². The van der Waals surface area contributed by atoms with Gasteiger partial charge in [0.1, 0.15) is 0 Å². The van der Waals surface area contributed by atoms with Crippen molar-refractivity contribution >= 4 is 30.7 Å². The summed E-state index contributed by atoms with van der Waals surface area (Å²) in [6.45, 7) is 7.69. The number of carbonyl (C=O) groups excluding carboxylic acids is 1. The van der Waals surface area contributed by atoms with Crippen LogP contribution in [0.3, 0.4) is 0 Å². The molecule has 0 bridgehead atoms. The quantitative estimate of drug-likeness (QED) is 0.757. The molecule has 1 amide bonds. The summed E-state index contributed by atoms with van der Waals surface area (Å²) in [5.74, 6) is 0.0729. The highest BCUT2D eigenvalue weighted by Gasteiger charge is 2.45. The molecule has 1 aromatic rings. The van der Waals surface area contributed by atoms with Crippen molar-refractivity contribution in [1.29, 1.82) is 0 Å². The predicted octanol–water partition coefficient (Wildman–Crippen LogP) is 0.894. The van der Waals surface area contributed by atoms with E-state index in [9.17, 15) is 9.59 Å². The van der Waals surface area contributed by atoms with E-state index < -0.39 is 0 Å². The van der Waals surface area contributed by atoms with Crippen LogP contribution < -0.4 is 16.3 Å². The topological polar surface area (TPSA) is 79.3 Å². The van der Waals surface area contributed by atoms with E-state index in [4.69, 9.17) is 0 Å². The van der Waals surface area contributed by atoms with Crippen LogP contribution in [0.1, 0.15) is 30.7 Å². The van der Waals surface area contributed by atoms with E-state index in [2.05, 4.69) is 20.5 Å². The molecule has 0 aliphatic carbocycles. The maximum absolute atomic E-state index is 12.6. The summed E-state index contributed by atoms with van der Waals surface area (Å²) in [5.41, 5.74) is 1.63. The first-order valence-corrected chi connectivity index (χ1v) is 9.14. The zero-order chi connectivity index (χ0) is 18.0. The lowest BCUT2D eigenvalue weighted by atomic mass is 9.77. The van der Waals surface area contributed by atoms with Crippen molar-refractivity contribution in [3.05, 3.63) is 27.9 Å². The molecule has 3 rings (SSSR count). The fourth-order valence-corrected chi connectivity index (χ4v) is 4.34. The van der Waals surface area contributed by atoms with E-state index in [1.807, 2.05) is 27.0 Å². The number of carbonyl (C=O) groups is 1. The van der Waals surface area contributed by atoms with Crippen molar-refractivity contribution in [2.75, 3.05) is 33.2 Å². The van der Waals surface area contributed by atoms with Gasteiger partial charge in [-0.2, -0.15) is 4.98 Å². The van der Waals surface area contributed by atoms with E-state index in [0.717, 1.165) is 50.3 Å². The molecule has 1 atom stereocenters. The van der Waals surface area contributed by atoms with Crippen molar-refractivity contribution < 1.29 is 4.79 Å². The highest BCUT2D eigenvalue weighted by Crippen LogP contribution is 2.41. The first kappa shape index (κ1) is 23.9. The summed E-state index contributed by atoms with van der Waals surface area (Å²) < 4.78 is 1.61. The monoisotopic (exact) mass is 419 g/mol. The van der Waals surface area contributed by atoms with Gasteiger partial charge in [0.15, 0.2) is 0 Å². The van der Waals surface area contributed by atoms with Crippen LogP contribution >= 0.6 is 24.8 Å². The molecule has 0 aromatic carbocycles. The number of nitrogens with zero attached hydrogens (tertiary/aromatic N) is 3. The third kappa shape index (κ3) is 5.44. The lowest BCUT2D eigenvalue weighted by Gasteiger charge is -2.33. The molecule has 3 heterocycles. The van der Waals surface area contributed by atoms with Crippen molar-refractivity contribution in [2.45, 2.75) is 45.7 Å². The molecular weight excluding hydrogens is 389 g/mol. The Morgan fingerprint density at radius 2 is 2.00 bits per heavy atom. The minimum atomic E-state index is -0.251. The Bertz CT molecular complexity index is 703. The molecule has 0 saturated carbocycles. The van der Waals surface area contributed by atoms with E-state index in [0.29, 0.717) is 13.1 Å². The summed E-state index contributed by atoms with van der Waals surface area (Å²) in [4.78, 5) is 30.7. The van der Waals surface area contributed by atoms with Gasteiger partial charge >= 0.3 is 5.69 Å². The molecule has 1 aromatic heterocycles. The smallest absolute Gasteiger partial charge is 0.348 e. The third-order valence-corrected chi connectivity index (χ3v) is 5.69. The molecule has 1 spiro atoms. The normalized spacial score (nSPS) is 21.4. The number of likely N-dealkylation sites (tertiary alicyclic amines) is 1. The molecule has 9 heteroatoms. The van der Waals surface area contributed by atoms with Gasteiger partial charge in [0.05, 0.1) is 6.04 Å². The SMILES string of the molecule is Cc1cc(C)n(CCNC(=O)C2CC3(CCNCC3)CN2C)c(=O)n1.Cl.Cl. The number of hydrogen-bond acceptors (Lipinski definition) is 5. The molecule has 2 fully saturated rings. The Morgan fingerprint density at radius 3 is 2.63 bits per heavy atom. The van der Waals surface area contributed by atoms with Gasteiger partial charge in [0.2, 0.25) is 5.91 Å².